The van der Waals surface area contributed by atoms with Crippen molar-refractivity contribution in [3.05, 3.63) is 112 Å². The molecule has 7 nitrogen and oxygen atoms in total. The Hall–Kier alpha value is -3.65. The van der Waals surface area contributed by atoms with Crippen LogP contribution >= 0.6 is 23.2 Å². The first-order chi connectivity index (χ1) is 18.5. The monoisotopic (exact) mass is 547 g/mol. The average Bonchev–Trinajstić information content (AvgIpc) is 2.96. The van der Waals surface area contributed by atoms with Crippen LogP contribution < -0.4 is 10.1 Å². The second kappa shape index (κ2) is 12.3. The molecule has 0 radical (unpaired) electrons. The maximum absolute atomic E-state index is 12.6. The molecular formula is C29H27Cl2N5O2. The molecule has 9 heteroatoms. The molecule has 4 aromatic rings. The van der Waals surface area contributed by atoms with Crippen molar-refractivity contribution in [3.63, 3.8) is 0 Å². The van der Waals surface area contributed by atoms with Crippen LogP contribution in [0.5, 0.6) is 11.6 Å². The number of benzene rings is 2. The smallest absolute Gasteiger partial charge is 0.254 e. The molecule has 0 atom stereocenters. The Kier molecular flexibility index (Phi) is 8.38. The van der Waals surface area contributed by atoms with E-state index in [0.717, 1.165) is 36.6 Å². The van der Waals surface area contributed by atoms with Crippen molar-refractivity contribution in [3.8, 4) is 11.6 Å². The Morgan fingerprint density at radius 2 is 1.61 bits per heavy atom. The number of nitrogens with one attached hydrogen (secondary N) is 1. The summed E-state index contributed by atoms with van der Waals surface area (Å²) < 4.78 is 5.92. The fourth-order valence-electron chi connectivity index (χ4n) is 4.23. The van der Waals surface area contributed by atoms with Crippen molar-refractivity contribution in [1.29, 1.82) is 0 Å². The van der Waals surface area contributed by atoms with Gasteiger partial charge in [0.25, 0.3) is 5.91 Å². The van der Waals surface area contributed by atoms with E-state index in [9.17, 15) is 4.79 Å². The van der Waals surface area contributed by atoms with Crippen LogP contribution in [0.3, 0.4) is 0 Å². The van der Waals surface area contributed by atoms with Crippen LogP contribution in [0.15, 0.2) is 85.3 Å². The first-order valence-electron chi connectivity index (χ1n) is 12.4. The van der Waals surface area contributed by atoms with Crippen LogP contribution in [-0.4, -0.2) is 51.9 Å². The van der Waals surface area contributed by atoms with Gasteiger partial charge in [-0.2, -0.15) is 0 Å². The van der Waals surface area contributed by atoms with Gasteiger partial charge in [0.1, 0.15) is 5.75 Å². The third kappa shape index (κ3) is 6.81. The van der Waals surface area contributed by atoms with Gasteiger partial charge in [-0.15, -0.1) is 0 Å². The molecule has 1 fully saturated rings. The number of ether oxygens (including phenoxy) is 1. The predicted octanol–water partition coefficient (Wildman–Crippen LogP) is 6.15. The average molecular weight is 548 g/mol. The number of pyridine rings is 2. The zero-order valence-electron chi connectivity index (χ0n) is 20.7. The Morgan fingerprint density at radius 3 is 2.29 bits per heavy atom. The molecule has 38 heavy (non-hydrogen) atoms. The van der Waals surface area contributed by atoms with Gasteiger partial charge in [-0.25, -0.2) is 4.98 Å². The van der Waals surface area contributed by atoms with Gasteiger partial charge >= 0.3 is 0 Å². The molecule has 2 aromatic carbocycles. The Morgan fingerprint density at radius 1 is 0.868 bits per heavy atom. The fraction of sp³-hybridized carbons (Fsp3) is 0.207. The number of carbonyl (C=O) groups is 1. The molecule has 1 amide bonds. The molecule has 1 aliphatic rings. The Bertz CT molecular complexity index is 1360. The number of anilines is 1. The summed E-state index contributed by atoms with van der Waals surface area (Å²) >= 11 is 12.1. The third-order valence-corrected chi connectivity index (χ3v) is 7.09. The van der Waals surface area contributed by atoms with Gasteiger partial charge in [0.2, 0.25) is 5.88 Å². The van der Waals surface area contributed by atoms with E-state index in [1.54, 1.807) is 36.8 Å². The number of amides is 1. The summed E-state index contributed by atoms with van der Waals surface area (Å²) in [5, 5.41) is 4.39. The van der Waals surface area contributed by atoms with Crippen molar-refractivity contribution in [2.24, 2.45) is 0 Å². The molecule has 0 unspecified atom stereocenters. The highest BCUT2D eigenvalue weighted by molar-refractivity contribution is 6.42. The number of hydrogen-bond acceptors (Lipinski definition) is 6. The Labute approximate surface area is 232 Å². The lowest BCUT2D eigenvalue weighted by atomic mass is 10.1. The minimum absolute atomic E-state index is 0.0671. The lowest BCUT2D eigenvalue weighted by molar-refractivity contribution is 0.0628. The van der Waals surface area contributed by atoms with Gasteiger partial charge in [0.05, 0.1) is 21.9 Å². The normalized spacial score (nSPS) is 13.8. The molecule has 1 aliphatic heterocycles. The first-order valence-corrected chi connectivity index (χ1v) is 13.1. The lowest BCUT2D eigenvalue weighted by Crippen LogP contribution is -2.48. The summed E-state index contributed by atoms with van der Waals surface area (Å²) in [5.74, 6) is 1.32. The quantitative estimate of drug-likeness (QED) is 0.285. The van der Waals surface area contributed by atoms with Crippen LogP contribution in [-0.2, 0) is 13.1 Å². The van der Waals surface area contributed by atoms with Crippen molar-refractivity contribution >= 4 is 34.8 Å². The van der Waals surface area contributed by atoms with E-state index in [1.807, 2.05) is 41.3 Å². The minimum atomic E-state index is 0.0671. The van der Waals surface area contributed by atoms with Gasteiger partial charge in [-0.3, -0.25) is 14.7 Å². The SMILES string of the molecule is O=C(c1ccncc1)N1CCN(Cc2ccc(Oc3ccc(NCc4ccc(Cl)c(Cl)c4)cn3)cc2)CC1. The minimum Gasteiger partial charge on any atom is -0.439 e. The number of carbonyl (C=O) groups excluding carboxylic acids is 1. The highest BCUT2D eigenvalue weighted by Crippen LogP contribution is 2.24. The third-order valence-electron chi connectivity index (χ3n) is 6.36. The number of aromatic nitrogens is 2. The van der Waals surface area contributed by atoms with Crippen LogP contribution in [0, 0.1) is 0 Å². The van der Waals surface area contributed by atoms with E-state index in [1.165, 1.54) is 5.56 Å². The number of halogens is 2. The van der Waals surface area contributed by atoms with Crippen LogP contribution in [0.1, 0.15) is 21.5 Å². The highest BCUT2D eigenvalue weighted by Gasteiger charge is 2.22. The van der Waals surface area contributed by atoms with Crippen molar-refractivity contribution in [1.82, 2.24) is 19.8 Å². The topological polar surface area (TPSA) is 70.6 Å². The predicted molar refractivity (Wildman–Crippen MR) is 150 cm³/mol. The van der Waals surface area contributed by atoms with Gasteiger partial charge in [-0.05, 0) is 53.6 Å². The van der Waals surface area contributed by atoms with E-state index < -0.39 is 0 Å². The highest BCUT2D eigenvalue weighted by atomic mass is 35.5. The largest absolute Gasteiger partial charge is 0.439 e. The van der Waals surface area contributed by atoms with Gasteiger partial charge in [0, 0.05) is 63.3 Å². The zero-order valence-corrected chi connectivity index (χ0v) is 22.2. The van der Waals surface area contributed by atoms with Crippen molar-refractivity contribution in [2.45, 2.75) is 13.1 Å². The number of piperazine rings is 1. The molecular weight excluding hydrogens is 521 g/mol. The summed E-state index contributed by atoms with van der Waals surface area (Å²) in [6.45, 7) is 4.54. The van der Waals surface area contributed by atoms with E-state index in [-0.39, 0.29) is 5.91 Å². The van der Waals surface area contributed by atoms with Crippen LogP contribution in [0.2, 0.25) is 10.0 Å². The molecule has 0 aliphatic carbocycles. The standard InChI is InChI=1S/C29H27Cl2N5O2/c30-26-7-3-22(17-27(26)31)18-33-24-4-8-28(34-19-24)38-25-5-1-21(2-6-25)20-35-13-15-36(16-14-35)29(37)23-9-11-32-12-10-23/h1-12,17,19,33H,13-16,18,20H2. The first kappa shape index (κ1) is 26.0. The molecule has 194 valence electrons. The molecule has 3 heterocycles. The van der Waals surface area contributed by atoms with Gasteiger partial charge in [-0.1, -0.05) is 41.4 Å². The van der Waals surface area contributed by atoms with Crippen molar-refractivity contribution < 1.29 is 9.53 Å². The number of nitrogens with zero attached hydrogens (tertiary/aromatic N) is 4. The van der Waals surface area contributed by atoms with Crippen LogP contribution in [0.25, 0.3) is 0 Å². The second-order valence-corrected chi connectivity index (χ2v) is 9.85. The van der Waals surface area contributed by atoms with Gasteiger partial charge < -0.3 is 15.0 Å². The molecule has 0 spiro atoms. The molecule has 0 bridgehead atoms. The Balaban J connectivity index is 1.08. The molecule has 1 N–H and O–H groups in total. The summed E-state index contributed by atoms with van der Waals surface area (Å²) in [6, 6.07) is 20.9. The fourth-order valence-corrected chi connectivity index (χ4v) is 4.55. The summed E-state index contributed by atoms with van der Waals surface area (Å²) in [6.07, 6.45) is 5.04. The zero-order chi connectivity index (χ0) is 26.3. The molecule has 0 saturated carbocycles. The maximum atomic E-state index is 12.6. The summed E-state index contributed by atoms with van der Waals surface area (Å²) in [5.41, 5.74) is 3.79. The van der Waals surface area contributed by atoms with E-state index >= 15 is 0 Å². The summed E-state index contributed by atoms with van der Waals surface area (Å²) in [7, 11) is 0. The van der Waals surface area contributed by atoms with Crippen LogP contribution in [0.4, 0.5) is 5.69 Å². The second-order valence-electron chi connectivity index (χ2n) is 9.04. The molecule has 2 aromatic heterocycles. The molecule has 1 saturated heterocycles. The van der Waals surface area contributed by atoms with Gasteiger partial charge in [0.15, 0.2) is 0 Å². The maximum Gasteiger partial charge on any atom is 0.254 e. The summed E-state index contributed by atoms with van der Waals surface area (Å²) in [4.78, 5) is 25.3. The van der Waals surface area contributed by atoms with E-state index in [4.69, 9.17) is 27.9 Å². The number of rotatable bonds is 8. The van der Waals surface area contributed by atoms with E-state index in [0.29, 0.717) is 41.1 Å². The number of hydrogen-bond donors (Lipinski definition) is 1. The lowest BCUT2D eigenvalue weighted by Gasteiger charge is -2.34. The van der Waals surface area contributed by atoms with Crippen molar-refractivity contribution in [2.75, 3.05) is 31.5 Å². The molecule has 5 rings (SSSR count). The van der Waals surface area contributed by atoms with E-state index in [2.05, 4.69) is 32.3 Å².